The average molecular weight is 490 g/mol. The first-order valence-electron chi connectivity index (χ1n) is 10.2. The summed E-state index contributed by atoms with van der Waals surface area (Å²) in [5.74, 6) is 0.0235. The largest absolute Gasteiger partial charge is 0.359 e. The molecule has 5 rings (SSSR count). The normalized spacial score (nSPS) is 18.7. The van der Waals surface area contributed by atoms with Gasteiger partial charge in [-0.05, 0) is 67.3 Å². The number of carbonyl (C=O) groups is 1. The molecule has 1 fully saturated rings. The molecule has 11 heteroatoms. The van der Waals surface area contributed by atoms with Crippen LogP contribution < -0.4 is 14.5 Å². The molecule has 2 aliphatic rings. The molecule has 3 aromatic rings. The van der Waals surface area contributed by atoms with Crippen LogP contribution in [0.15, 0.2) is 53.7 Å². The van der Waals surface area contributed by atoms with Crippen molar-refractivity contribution in [3.8, 4) is 0 Å². The molecule has 32 heavy (non-hydrogen) atoms. The third-order valence-electron chi connectivity index (χ3n) is 5.79. The molecule has 0 unspecified atom stereocenters. The Hall–Kier alpha value is -2.69. The van der Waals surface area contributed by atoms with Crippen LogP contribution in [0.2, 0.25) is 5.02 Å². The number of aromatic nitrogens is 2. The second-order valence-electron chi connectivity index (χ2n) is 7.71. The Balaban J connectivity index is 1.34. The molecule has 1 atom stereocenters. The lowest BCUT2D eigenvalue weighted by atomic mass is 9.99. The number of hydrogen-bond acceptors (Lipinski definition) is 7. The minimum Gasteiger partial charge on any atom is -0.359 e. The Morgan fingerprint density at radius 1 is 1.12 bits per heavy atom. The van der Waals surface area contributed by atoms with Gasteiger partial charge in [0.1, 0.15) is 12.4 Å². The van der Waals surface area contributed by atoms with Gasteiger partial charge >= 0.3 is 0 Å². The number of halogens is 1. The van der Waals surface area contributed by atoms with Gasteiger partial charge in [-0.2, -0.15) is 4.37 Å². The van der Waals surface area contributed by atoms with Crippen LogP contribution in [-0.2, 0) is 21.2 Å². The van der Waals surface area contributed by atoms with E-state index in [1.807, 2.05) is 18.2 Å². The number of fused-ring (bicyclic) bond motifs is 1. The van der Waals surface area contributed by atoms with Gasteiger partial charge in [-0.15, -0.1) is 0 Å². The van der Waals surface area contributed by atoms with Gasteiger partial charge in [-0.25, -0.2) is 13.4 Å². The Labute approximate surface area is 195 Å². The van der Waals surface area contributed by atoms with Gasteiger partial charge in [0.15, 0.2) is 0 Å². The van der Waals surface area contributed by atoms with E-state index in [0.29, 0.717) is 23.7 Å². The maximum absolute atomic E-state index is 13.3. The standard InChI is InChI=1S/C21H20ClN5O3S2/c22-15-3-8-18-14(12-15)2-1-10-27(18)19-9-11-26(20(19)28)16-4-6-17(7-5-16)32(29,30)25-21-23-13-24-31-21/h3-8,12-13,19H,1-2,9-11H2,(H,23,24,25)/t19-/m0/s1. The zero-order chi connectivity index (χ0) is 22.3. The maximum Gasteiger partial charge on any atom is 0.263 e. The van der Waals surface area contributed by atoms with Crippen LogP contribution in [0.1, 0.15) is 18.4 Å². The van der Waals surface area contributed by atoms with E-state index >= 15 is 0 Å². The predicted molar refractivity (Wildman–Crippen MR) is 125 cm³/mol. The van der Waals surface area contributed by atoms with Crippen LogP contribution in [0, 0.1) is 0 Å². The zero-order valence-corrected chi connectivity index (χ0v) is 19.3. The number of nitrogens with one attached hydrogen (secondary N) is 1. The van der Waals surface area contributed by atoms with Gasteiger partial charge in [0.2, 0.25) is 11.0 Å². The summed E-state index contributed by atoms with van der Waals surface area (Å²) in [6.07, 6.45) is 3.93. The molecule has 1 N–H and O–H groups in total. The molecule has 0 radical (unpaired) electrons. The van der Waals surface area contributed by atoms with Gasteiger partial charge in [0.05, 0.1) is 4.90 Å². The third kappa shape index (κ3) is 3.94. The number of hydrogen-bond donors (Lipinski definition) is 1. The molecule has 2 aromatic carbocycles. The topological polar surface area (TPSA) is 95.5 Å². The van der Waals surface area contributed by atoms with E-state index < -0.39 is 10.0 Å². The molecule has 0 aliphatic carbocycles. The average Bonchev–Trinajstić information content (AvgIpc) is 3.42. The number of sulfonamides is 1. The molecule has 1 amide bonds. The monoisotopic (exact) mass is 489 g/mol. The molecule has 0 bridgehead atoms. The van der Waals surface area contributed by atoms with Gasteiger partial charge in [0.25, 0.3) is 10.0 Å². The highest BCUT2D eigenvalue weighted by Crippen LogP contribution is 2.35. The van der Waals surface area contributed by atoms with E-state index in [9.17, 15) is 13.2 Å². The Kier molecular flexibility index (Phi) is 5.52. The van der Waals surface area contributed by atoms with Crippen LogP contribution in [-0.4, -0.2) is 42.8 Å². The molecular weight excluding hydrogens is 470 g/mol. The SMILES string of the molecule is O=C1[C@@H](N2CCCc3cc(Cl)ccc32)CCN1c1ccc(S(=O)(=O)Nc2ncns2)cc1. The highest BCUT2D eigenvalue weighted by Gasteiger charge is 2.38. The summed E-state index contributed by atoms with van der Waals surface area (Å²) in [6.45, 7) is 1.41. The van der Waals surface area contributed by atoms with Crippen molar-refractivity contribution in [2.45, 2.75) is 30.2 Å². The second-order valence-corrected chi connectivity index (χ2v) is 10.6. The first kappa shape index (κ1) is 21.2. The number of anilines is 3. The summed E-state index contributed by atoms with van der Waals surface area (Å²) in [4.78, 5) is 21.1. The lowest BCUT2D eigenvalue weighted by Crippen LogP contribution is -2.44. The van der Waals surface area contributed by atoms with Gasteiger partial charge in [-0.3, -0.25) is 9.52 Å². The van der Waals surface area contributed by atoms with Gasteiger partial charge in [-0.1, -0.05) is 11.6 Å². The van der Waals surface area contributed by atoms with Crippen LogP contribution in [0.5, 0.6) is 0 Å². The van der Waals surface area contributed by atoms with Crippen molar-refractivity contribution in [2.24, 2.45) is 0 Å². The molecule has 0 saturated carbocycles. The molecule has 166 valence electrons. The second kappa shape index (κ2) is 8.34. The third-order valence-corrected chi connectivity index (χ3v) is 8.09. The number of benzene rings is 2. The van der Waals surface area contributed by atoms with E-state index in [-0.39, 0.29) is 22.0 Å². The lowest BCUT2D eigenvalue weighted by molar-refractivity contribution is -0.118. The first-order chi connectivity index (χ1) is 15.4. The molecule has 8 nitrogen and oxygen atoms in total. The molecule has 3 heterocycles. The number of rotatable bonds is 5. The van der Waals surface area contributed by atoms with E-state index in [1.54, 1.807) is 17.0 Å². The maximum atomic E-state index is 13.3. The summed E-state index contributed by atoms with van der Waals surface area (Å²) < 4.78 is 31.2. The highest BCUT2D eigenvalue weighted by atomic mass is 35.5. The van der Waals surface area contributed by atoms with Crippen molar-refractivity contribution in [3.05, 3.63) is 59.4 Å². The summed E-state index contributed by atoms with van der Waals surface area (Å²) in [5, 5.41) is 0.912. The number of aryl methyl sites for hydroxylation is 1. The van der Waals surface area contributed by atoms with E-state index in [0.717, 1.165) is 36.6 Å². The van der Waals surface area contributed by atoms with Crippen molar-refractivity contribution < 1.29 is 13.2 Å². The molecule has 2 aliphatic heterocycles. The summed E-state index contributed by atoms with van der Waals surface area (Å²) >= 11 is 7.11. The van der Waals surface area contributed by atoms with Crippen LogP contribution in [0.3, 0.4) is 0 Å². The van der Waals surface area contributed by atoms with Crippen LogP contribution in [0.25, 0.3) is 0 Å². The van der Waals surface area contributed by atoms with E-state index in [2.05, 4.69) is 19.0 Å². The van der Waals surface area contributed by atoms with Gasteiger partial charge in [0, 0.05) is 41.0 Å². The van der Waals surface area contributed by atoms with Gasteiger partial charge < -0.3 is 9.80 Å². The van der Waals surface area contributed by atoms with Crippen molar-refractivity contribution >= 4 is 55.6 Å². The zero-order valence-electron chi connectivity index (χ0n) is 16.9. The van der Waals surface area contributed by atoms with Crippen molar-refractivity contribution in [1.82, 2.24) is 9.36 Å². The molecule has 1 aromatic heterocycles. The van der Waals surface area contributed by atoms with Crippen molar-refractivity contribution in [1.29, 1.82) is 0 Å². The molecule has 0 spiro atoms. The highest BCUT2D eigenvalue weighted by molar-refractivity contribution is 7.93. The molecule has 1 saturated heterocycles. The minimum absolute atomic E-state index is 0.0235. The van der Waals surface area contributed by atoms with Crippen molar-refractivity contribution in [3.63, 3.8) is 0 Å². The number of carbonyl (C=O) groups excluding carboxylic acids is 1. The minimum atomic E-state index is -3.77. The smallest absolute Gasteiger partial charge is 0.263 e. The number of amides is 1. The molecular formula is C21H20ClN5O3S2. The summed E-state index contributed by atoms with van der Waals surface area (Å²) in [5.41, 5.74) is 2.93. The quantitative estimate of drug-likeness (QED) is 0.588. The Morgan fingerprint density at radius 2 is 1.94 bits per heavy atom. The van der Waals surface area contributed by atoms with E-state index in [1.165, 1.54) is 24.0 Å². The fourth-order valence-corrected chi connectivity index (χ4v) is 6.18. The fourth-order valence-electron chi connectivity index (χ4n) is 4.33. The van der Waals surface area contributed by atoms with Crippen LogP contribution in [0.4, 0.5) is 16.5 Å². The van der Waals surface area contributed by atoms with Crippen molar-refractivity contribution in [2.75, 3.05) is 27.6 Å². The Bertz CT molecular complexity index is 1250. The Morgan fingerprint density at radius 3 is 2.69 bits per heavy atom. The summed E-state index contributed by atoms with van der Waals surface area (Å²) in [7, 11) is -3.77. The van der Waals surface area contributed by atoms with Crippen LogP contribution >= 0.6 is 23.1 Å². The lowest BCUT2D eigenvalue weighted by Gasteiger charge is -2.35. The first-order valence-corrected chi connectivity index (χ1v) is 12.8. The fraction of sp³-hybridized carbons (Fsp3) is 0.286. The predicted octanol–water partition coefficient (Wildman–Crippen LogP) is 3.55. The van der Waals surface area contributed by atoms with E-state index in [4.69, 9.17) is 11.6 Å². The number of nitrogens with zero attached hydrogens (tertiary/aromatic N) is 4. The summed E-state index contributed by atoms with van der Waals surface area (Å²) in [6, 6.07) is 11.9.